The van der Waals surface area contributed by atoms with Crippen LogP contribution in [0.5, 0.6) is 5.75 Å². The van der Waals surface area contributed by atoms with Crippen molar-refractivity contribution in [3.63, 3.8) is 0 Å². The summed E-state index contributed by atoms with van der Waals surface area (Å²) >= 11 is 0. The topological polar surface area (TPSA) is 30.5 Å². The van der Waals surface area contributed by atoms with Gasteiger partial charge in [0.15, 0.2) is 6.29 Å². The minimum atomic E-state index is -0.0886. The second-order valence-electron chi connectivity index (χ2n) is 5.43. The van der Waals surface area contributed by atoms with Crippen molar-refractivity contribution in [1.29, 1.82) is 0 Å². The zero-order valence-electron chi connectivity index (χ0n) is 12.3. The monoisotopic (exact) mass is 283 g/mol. The first-order valence-electron chi connectivity index (χ1n) is 7.52. The Morgan fingerprint density at radius 3 is 2.62 bits per heavy atom. The van der Waals surface area contributed by atoms with E-state index in [0.717, 1.165) is 36.6 Å². The van der Waals surface area contributed by atoms with Crippen molar-refractivity contribution in [3.8, 4) is 5.75 Å². The fraction of sp³-hybridized carbons (Fsp3) is 0.333. The van der Waals surface area contributed by atoms with Gasteiger partial charge in [0.25, 0.3) is 0 Å². The van der Waals surface area contributed by atoms with Crippen molar-refractivity contribution in [3.05, 3.63) is 54.1 Å². The molecule has 1 aliphatic rings. The maximum Gasteiger partial charge on any atom is 0.199 e. The lowest BCUT2D eigenvalue weighted by Crippen LogP contribution is -2.24. The predicted molar refractivity (Wildman–Crippen MR) is 85.1 cm³/mol. The van der Waals surface area contributed by atoms with Gasteiger partial charge in [0.1, 0.15) is 5.75 Å². The first-order valence-corrected chi connectivity index (χ1v) is 7.52. The quantitative estimate of drug-likeness (QED) is 0.886. The highest BCUT2D eigenvalue weighted by Crippen LogP contribution is 2.23. The van der Waals surface area contributed by atoms with E-state index in [1.165, 1.54) is 12.0 Å². The summed E-state index contributed by atoms with van der Waals surface area (Å²) in [5.74, 6) is 0.858. The lowest BCUT2D eigenvalue weighted by atomic mass is 10.2. The summed E-state index contributed by atoms with van der Waals surface area (Å²) in [5, 5.41) is 3.39. The van der Waals surface area contributed by atoms with Crippen LogP contribution in [0.15, 0.2) is 48.5 Å². The minimum Gasteiger partial charge on any atom is -0.465 e. The van der Waals surface area contributed by atoms with E-state index >= 15 is 0 Å². The molecule has 1 unspecified atom stereocenters. The molecule has 1 aliphatic heterocycles. The number of ether oxygens (including phenoxy) is 2. The van der Waals surface area contributed by atoms with Gasteiger partial charge in [-0.3, -0.25) is 0 Å². The minimum absolute atomic E-state index is 0.0886. The van der Waals surface area contributed by atoms with E-state index in [-0.39, 0.29) is 6.29 Å². The lowest BCUT2D eigenvalue weighted by molar-refractivity contribution is -0.105. The van der Waals surface area contributed by atoms with Crippen LogP contribution in [0.4, 0.5) is 11.4 Å². The van der Waals surface area contributed by atoms with Crippen LogP contribution in [0.25, 0.3) is 0 Å². The maximum atomic E-state index is 5.83. The largest absolute Gasteiger partial charge is 0.465 e. The fourth-order valence-corrected chi connectivity index (χ4v) is 2.46. The number of nitrogens with one attached hydrogen (secondary N) is 1. The molecule has 0 radical (unpaired) electrons. The van der Waals surface area contributed by atoms with Gasteiger partial charge >= 0.3 is 0 Å². The Hall–Kier alpha value is -2.00. The molecular formula is C18H21NO2. The third-order valence-corrected chi connectivity index (χ3v) is 3.57. The molecule has 1 N–H and O–H groups in total. The third kappa shape index (κ3) is 3.99. The van der Waals surface area contributed by atoms with Crippen molar-refractivity contribution < 1.29 is 9.47 Å². The molecule has 21 heavy (non-hydrogen) atoms. The Morgan fingerprint density at radius 1 is 1.05 bits per heavy atom. The van der Waals surface area contributed by atoms with Gasteiger partial charge in [0, 0.05) is 17.8 Å². The van der Waals surface area contributed by atoms with Crippen molar-refractivity contribution in [1.82, 2.24) is 0 Å². The molecule has 1 fully saturated rings. The van der Waals surface area contributed by atoms with Gasteiger partial charge in [-0.2, -0.15) is 0 Å². The normalized spacial score (nSPS) is 18.2. The van der Waals surface area contributed by atoms with E-state index in [9.17, 15) is 0 Å². The van der Waals surface area contributed by atoms with Crippen LogP contribution in [0.1, 0.15) is 24.8 Å². The number of hydrogen-bond donors (Lipinski definition) is 1. The van der Waals surface area contributed by atoms with Crippen molar-refractivity contribution in [2.24, 2.45) is 0 Å². The van der Waals surface area contributed by atoms with Crippen LogP contribution in [0.3, 0.4) is 0 Å². The van der Waals surface area contributed by atoms with Crippen LogP contribution in [-0.2, 0) is 4.74 Å². The van der Waals surface area contributed by atoms with Gasteiger partial charge in [0.05, 0.1) is 6.61 Å². The predicted octanol–water partition coefficient (Wildman–Crippen LogP) is 4.64. The third-order valence-electron chi connectivity index (χ3n) is 3.57. The fourth-order valence-electron chi connectivity index (χ4n) is 2.46. The number of anilines is 2. The Bertz CT molecular complexity index is 574. The Kier molecular flexibility index (Phi) is 4.41. The van der Waals surface area contributed by atoms with E-state index < -0.39 is 0 Å². The summed E-state index contributed by atoms with van der Waals surface area (Å²) in [6, 6.07) is 16.3. The van der Waals surface area contributed by atoms with Gasteiger partial charge in [-0.1, -0.05) is 12.1 Å². The summed E-state index contributed by atoms with van der Waals surface area (Å²) < 4.78 is 11.4. The van der Waals surface area contributed by atoms with Crippen LogP contribution >= 0.6 is 0 Å². The molecule has 0 spiro atoms. The van der Waals surface area contributed by atoms with Crippen molar-refractivity contribution in [2.75, 3.05) is 11.9 Å². The molecule has 0 bridgehead atoms. The molecule has 0 aliphatic carbocycles. The van der Waals surface area contributed by atoms with Crippen LogP contribution < -0.4 is 10.1 Å². The molecule has 1 saturated heterocycles. The van der Waals surface area contributed by atoms with Gasteiger partial charge in [0.2, 0.25) is 0 Å². The first-order chi connectivity index (χ1) is 10.3. The number of aryl methyl sites for hydroxylation is 1. The molecule has 3 nitrogen and oxygen atoms in total. The molecule has 1 atom stereocenters. The molecule has 0 saturated carbocycles. The average Bonchev–Trinajstić information content (AvgIpc) is 2.50. The highest BCUT2D eigenvalue weighted by atomic mass is 16.7. The zero-order valence-corrected chi connectivity index (χ0v) is 12.3. The first kappa shape index (κ1) is 14.0. The van der Waals surface area contributed by atoms with Crippen LogP contribution in [-0.4, -0.2) is 12.9 Å². The average molecular weight is 283 g/mol. The van der Waals surface area contributed by atoms with E-state index in [2.05, 4.69) is 36.5 Å². The molecule has 1 heterocycles. The zero-order chi connectivity index (χ0) is 14.5. The van der Waals surface area contributed by atoms with E-state index in [4.69, 9.17) is 9.47 Å². The standard InChI is InChI=1S/C18H21NO2/c1-14-5-4-6-16(13-14)19-15-8-10-17(11-9-15)21-18-7-2-3-12-20-18/h4-6,8-11,13,18-19H,2-3,7,12H2,1H3. The maximum absolute atomic E-state index is 5.83. The summed E-state index contributed by atoms with van der Waals surface area (Å²) in [6.45, 7) is 2.89. The van der Waals surface area contributed by atoms with Gasteiger partial charge in [-0.05, 0) is 61.7 Å². The molecule has 3 heteroatoms. The van der Waals surface area contributed by atoms with E-state index in [1.807, 2.05) is 24.3 Å². The van der Waals surface area contributed by atoms with E-state index in [0.29, 0.717) is 0 Å². The molecule has 0 amide bonds. The molecule has 110 valence electrons. The SMILES string of the molecule is Cc1cccc(Nc2ccc(OC3CCCCO3)cc2)c1. The summed E-state index contributed by atoms with van der Waals surface area (Å²) in [7, 11) is 0. The van der Waals surface area contributed by atoms with E-state index in [1.54, 1.807) is 0 Å². The number of rotatable bonds is 4. The number of benzene rings is 2. The molecular weight excluding hydrogens is 262 g/mol. The molecule has 0 aromatic heterocycles. The lowest BCUT2D eigenvalue weighted by Gasteiger charge is -2.23. The Balaban J connectivity index is 1.61. The van der Waals surface area contributed by atoms with Crippen LogP contribution in [0, 0.1) is 6.92 Å². The summed E-state index contributed by atoms with van der Waals surface area (Å²) in [6.07, 6.45) is 3.20. The second kappa shape index (κ2) is 6.64. The molecule has 2 aromatic rings. The molecule has 3 rings (SSSR count). The van der Waals surface area contributed by atoms with Gasteiger partial charge in [-0.25, -0.2) is 0 Å². The van der Waals surface area contributed by atoms with Crippen molar-refractivity contribution >= 4 is 11.4 Å². The number of hydrogen-bond acceptors (Lipinski definition) is 3. The van der Waals surface area contributed by atoms with Crippen LogP contribution in [0.2, 0.25) is 0 Å². The van der Waals surface area contributed by atoms with Gasteiger partial charge < -0.3 is 14.8 Å². The Morgan fingerprint density at radius 2 is 1.90 bits per heavy atom. The van der Waals surface area contributed by atoms with Gasteiger partial charge in [-0.15, -0.1) is 0 Å². The second-order valence-corrected chi connectivity index (χ2v) is 5.43. The highest BCUT2D eigenvalue weighted by molar-refractivity contribution is 5.60. The summed E-state index contributed by atoms with van der Waals surface area (Å²) in [5.41, 5.74) is 3.39. The summed E-state index contributed by atoms with van der Waals surface area (Å²) in [4.78, 5) is 0. The van der Waals surface area contributed by atoms with Crippen molar-refractivity contribution in [2.45, 2.75) is 32.5 Å². The molecule has 2 aromatic carbocycles. The highest BCUT2D eigenvalue weighted by Gasteiger charge is 2.14. The Labute approximate surface area is 125 Å². The smallest absolute Gasteiger partial charge is 0.199 e.